The molecular formula is C15H21BrN2O. The fourth-order valence-electron chi connectivity index (χ4n) is 2.65. The largest absolute Gasteiger partial charge is 0.325 e. The van der Waals surface area contributed by atoms with E-state index in [9.17, 15) is 4.79 Å². The van der Waals surface area contributed by atoms with Crippen LogP contribution in [0.15, 0.2) is 28.7 Å². The molecule has 4 heteroatoms. The van der Waals surface area contributed by atoms with Crippen LogP contribution in [0.4, 0.5) is 5.69 Å². The van der Waals surface area contributed by atoms with E-state index in [1.54, 1.807) is 0 Å². The molecule has 19 heavy (non-hydrogen) atoms. The van der Waals surface area contributed by atoms with Gasteiger partial charge in [-0.05, 0) is 42.9 Å². The maximum Gasteiger partial charge on any atom is 0.238 e. The maximum atomic E-state index is 11.9. The number of carbonyl (C=O) groups excluding carboxylic acids is 1. The van der Waals surface area contributed by atoms with E-state index >= 15 is 0 Å². The monoisotopic (exact) mass is 324 g/mol. The van der Waals surface area contributed by atoms with Crippen molar-refractivity contribution in [3.8, 4) is 0 Å². The predicted molar refractivity (Wildman–Crippen MR) is 82.1 cm³/mol. The van der Waals surface area contributed by atoms with Gasteiger partial charge in [-0.15, -0.1) is 0 Å². The third-order valence-electron chi connectivity index (χ3n) is 4.10. The molecule has 2 rings (SSSR count). The van der Waals surface area contributed by atoms with Crippen molar-refractivity contribution in [2.45, 2.75) is 32.7 Å². The first-order chi connectivity index (χ1) is 9.06. The van der Waals surface area contributed by atoms with E-state index < -0.39 is 0 Å². The van der Waals surface area contributed by atoms with Crippen molar-refractivity contribution < 1.29 is 4.79 Å². The van der Waals surface area contributed by atoms with Crippen LogP contribution < -0.4 is 10.6 Å². The number of halogens is 1. The van der Waals surface area contributed by atoms with Crippen molar-refractivity contribution in [1.29, 1.82) is 0 Å². The minimum atomic E-state index is 0.0184. The summed E-state index contributed by atoms with van der Waals surface area (Å²) < 4.78 is 0.969. The maximum absolute atomic E-state index is 11.9. The van der Waals surface area contributed by atoms with Gasteiger partial charge < -0.3 is 10.6 Å². The van der Waals surface area contributed by atoms with Crippen molar-refractivity contribution in [3.63, 3.8) is 0 Å². The lowest BCUT2D eigenvalue weighted by Crippen LogP contribution is -2.38. The summed E-state index contributed by atoms with van der Waals surface area (Å²) in [5, 5.41) is 6.27. The van der Waals surface area contributed by atoms with E-state index in [4.69, 9.17) is 0 Å². The lowest BCUT2D eigenvalue weighted by atomic mass is 9.98. The minimum Gasteiger partial charge on any atom is -0.325 e. The molecule has 0 aliphatic heterocycles. The van der Waals surface area contributed by atoms with Gasteiger partial charge in [0.1, 0.15) is 0 Å². The second-order valence-corrected chi connectivity index (χ2v) is 6.38. The van der Waals surface area contributed by atoms with Crippen LogP contribution in [-0.4, -0.2) is 18.5 Å². The highest BCUT2D eigenvalue weighted by molar-refractivity contribution is 9.10. The van der Waals surface area contributed by atoms with Crippen molar-refractivity contribution in [1.82, 2.24) is 5.32 Å². The molecule has 1 saturated carbocycles. The third-order valence-corrected chi connectivity index (χ3v) is 4.59. The molecule has 1 amide bonds. The smallest absolute Gasteiger partial charge is 0.238 e. The SMILES string of the molecule is CC1CCC(NCC(=O)Nc2cccc(Br)c2)C1C. The van der Waals surface area contributed by atoms with Gasteiger partial charge in [-0.25, -0.2) is 0 Å². The molecule has 1 aliphatic rings. The first-order valence-corrected chi connectivity index (χ1v) is 7.64. The average Bonchev–Trinajstić information content (AvgIpc) is 2.68. The van der Waals surface area contributed by atoms with Crippen LogP contribution in [0.5, 0.6) is 0 Å². The van der Waals surface area contributed by atoms with Gasteiger partial charge in [0.15, 0.2) is 0 Å². The molecule has 1 aromatic carbocycles. The van der Waals surface area contributed by atoms with E-state index in [2.05, 4.69) is 40.4 Å². The Kier molecular flexibility index (Phi) is 4.99. The van der Waals surface area contributed by atoms with Gasteiger partial charge in [0, 0.05) is 16.2 Å². The zero-order valence-electron chi connectivity index (χ0n) is 11.4. The molecular weight excluding hydrogens is 304 g/mol. The second-order valence-electron chi connectivity index (χ2n) is 5.46. The Morgan fingerprint density at radius 3 is 2.79 bits per heavy atom. The summed E-state index contributed by atoms with van der Waals surface area (Å²) in [4.78, 5) is 11.9. The minimum absolute atomic E-state index is 0.0184. The lowest BCUT2D eigenvalue weighted by Gasteiger charge is -2.19. The van der Waals surface area contributed by atoms with E-state index in [1.165, 1.54) is 12.8 Å². The van der Waals surface area contributed by atoms with E-state index in [1.807, 2.05) is 24.3 Å². The first kappa shape index (κ1) is 14.5. The van der Waals surface area contributed by atoms with Crippen molar-refractivity contribution in [2.75, 3.05) is 11.9 Å². The Morgan fingerprint density at radius 2 is 2.16 bits per heavy atom. The number of anilines is 1. The molecule has 3 unspecified atom stereocenters. The van der Waals surface area contributed by atoms with Crippen LogP contribution in [0.1, 0.15) is 26.7 Å². The van der Waals surface area contributed by atoms with Crippen molar-refractivity contribution in [3.05, 3.63) is 28.7 Å². The van der Waals surface area contributed by atoms with E-state index in [0.29, 0.717) is 18.5 Å². The Bertz CT molecular complexity index is 450. The zero-order valence-corrected chi connectivity index (χ0v) is 13.0. The van der Waals surface area contributed by atoms with Crippen molar-refractivity contribution in [2.24, 2.45) is 11.8 Å². The molecule has 104 valence electrons. The molecule has 2 N–H and O–H groups in total. The highest BCUT2D eigenvalue weighted by atomic mass is 79.9. The molecule has 0 saturated heterocycles. The van der Waals surface area contributed by atoms with Gasteiger partial charge in [-0.2, -0.15) is 0 Å². The van der Waals surface area contributed by atoms with Crippen molar-refractivity contribution >= 4 is 27.5 Å². The van der Waals surface area contributed by atoms with Gasteiger partial charge in [0.05, 0.1) is 6.54 Å². The predicted octanol–water partition coefficient (Wildman–Crippen LogP) is 3.41. The molecule has 0 spiro atoms. The number of hydrogen-bond acceptors (Lipinski definition) is 2. The summed E-state index contributed by atoms with van der Waals surface area (Å²) in [6.07, 6.45) is 2.43. The molecule has 0 aromatic heterocycles. The number of benzene rings is 1. The second kappa shape index (κ2) is 6.53. The quantitative estimate of drug-likeness (QED) is 0.891. The summed E-state index contributed by atoms with van der Waals surface area (Å²) in [6, 6.07) is 8.12. The Morgan fingerprint density at radius 1 is 1.37 bits per heavy atom. The summed E-state index contributed by atoms with van der Waals surface area (Å²) in [6.45, 7) is 4.93. The van der Waals surface area contributed by atoms with Gasteiger partial charge in [-0.3, -0.25) is 4.79 Å². The van der Waals surface area contributed by atoms with Gasteiger partial charge in [-0.1, -0.05) is 35.8 Å². The topological polar surface area (TPSA) is 41.1 Å². The molecule has 1 aromatic rings. The molecule has 0 radical (unpaired) electrons. The number of rotatable bonds is 4. The van der Waals surface area contributed by atoms with Crippen LogP contribution >= 0.6 is 15.9 Å². The van der Waals surface area contributed by atoms with Crippen LogP contribution in [-0.2, 0) is 4.79 Å². The van der Waals surface area contributed by atoms with Crippen LogP contribution in [0.25, 0.3) is 0 Å². The summed E-state index contributed by atoms with van der Waals surface area (Å²) in [5.41, 5.74) is 0.828. The third kappa shape index (κ3) is 4.05. The summed E-state index contributed by atoms with van der Waals surface area (Å²) in [5.74, 6) is 1.43. The highest BCUT2D eigenvalue weighted by Crippen LogP contribution is 2.30. The zero-order chi connectivity index (χ0) is 13.8. The number of hydrogen-bond donors (Lipinski definition) is 2. The van der Waals surface area contributed by atoms with Gasteiger partial charge in [0.2, 0.25) is 5.91 Å². The van der Waals surface area contributed by atoms with Crippen LogP contribution in [0.2, 0.25) is 0 Å². The molecule has 3 nitrogen and oxygen atoms in total. The lowest BCUT2D eigenvalue weighted by molar-refractivity contribution is -0.115. The fraction of sp³-hybridized carbons (Fsp3) is 0.533. The van der Waals surface area contributed by atoms with Crippen LogP contribution in [0.3, 0.4) is 0 Å². The number of amides is 1. The summed E-state index contributed by atoms with van der Waals surface area (Å²) >= 11 is 3.39. The highest BCUT2D eigenvalue weighted by Gasteiger charge is 2.29. The number of nitrogens with one attached hydrogen (secondary N) is 2. The average molecular weight is 325 g/mol. The Labute approximate surface area is 123 Å². The Balaban J connectivity index is 1.79. The molecule has 1 aliphatic carbocycles. The van der Waals surface area contributed by atoms with E-state index in [0.717, 1.165) is 16.1 Å². The molecule has 1 fully saturated rings. The Hall–Kier alpha value is -0.870. The standard InChI is InChI=1S/C15H21BrN2O/c1-10-6-7-14(11(10)2)17-9-15(19)18-13-5-3-4-12(16)8-13/h3-5,8,10-11,14,17H,6-7,9H2,1-2H3,(H,18,19). The van der Waals surface area contributed by atoms with Gasteiger partial charge in [0.25, 0.3) is 0 Å². The summed E-state index contributed by atoms with van der Waals surface area (Å²) in [7, 11) is 0. The number of carbonyl (C=O) groups is 1. The van der Waals surface area contributed by atoms with E-state index in [-0.39, 0.29) is 5.91 Å². The van der Waals surface area contributed by atoms with Crippen LogP contribution in [0, 0.1) is 11.8 Å². The van der Waals surface area contributed by atoms with Gasteiger partial charge >= 0.3 is 0 Å². The fourth-order valence-corrected chi connectivity index (χ4v) is 3.05. The first-order valence-electron chi connectivity index (χ1n) is 6.85. The molecule has 0 bridgehead atoms. The molecule has 0 heterocycles. The molecule has 3 atom stereocenters. The normalized spacial score (nSPS) is 26.4.